The summed E-state index contributed by atoms with van der Waals surface area (Å²) < 4.78 is 6.29. The van der Waals surface area contributed by atoms with Gasteiger partial charge in [-0.05, 0) is 30.1 Å². The quantitative estimate of drug-likeness (QED) is 0.511. The molecule has 15 heavy (non-hydrogen) atoms. The molecule has 0 aliphatic carbocycles. The highest BCUT2D eigenvalue weighted by molar-refractivity contribution is 6.74. The molecule has 0 aromatic heterocycles. The average molecular weight is 226 g/mol. The zero-order valence-electron chi connectivity index (χ0n) is 11.3. The van der Waals surface area contributed by atoms with Crippen molar-refractivity contribution in [3.05, 3.63) is 18.4 Å². The maximum absolute atomic E-state index is 6.29. The molecule has 0 N–H and O–H groups in total. The van der Waals surface area contributed by atoms with Crippen LogP contribution in [-0.2, 0) is 4.43 Å². The topological polar surface area (TPSA) is 9.23 Å². The summed E-state index contributed by atoms with van der Waals surface area (Å²) >= 11 is 0. The Morgan fingerprint density at radius 3 is 2.00 bits per heavy atom. The standard InChI is InChI=1S/C13H26OSi/c1-9-10-12(11(2)3)14-15(7,8)13(4,5)6/h10-12H,1H2,2-8H3/t12-/m0/s1. The maximum atomic E-state index is 6.29. The van der Waals surface area contributed by atoms with E-state index in [9.17, 15) is 0 Å². The van der Waals surface area contributed by atoms with Gasteiger partial charge in [-0.3, -0.25) is 0 Å². The SMILES string of the molecule is C=C=C[C@H](O[Si](C)(C)C(C)(C)C)C(C)C. The molecule has 0 heterocycles. The second kappa shape index (κ2) is 5.15. The van der Waals surface area contributed by atoms with Crippen molar-refractivity contribution >= 4 is 8.32 Å². The molecule has 0 rings (SSSR count). The van der Waals surface area contributed by atoms with Gasteiger partial charge in [-0.15, -0.1) is 5.73 Å². The summed E-state index contributed by atoms with van der Waals surface area (Å²) in [6.07, 6.45) is 2.11. The fraction of sp³-hybridized carbons (Fsp3) is 0.769. The van der Waals surface area contributed by atoms with E-state index in [1.54, 1.807) is 0 Å². The lowest BCUT2D eigenvalue weighted by Gasteiger charge is -2.39. The van der Waals surface area contributed by atoms with Crippen LogP contribution < -0.4 is 0 Å². The van der Waals surface area contributed by atoms with Gasteiger partial charge in [0.1, 0.15) is 0 Å². The van der Waals surface area contributed by atoms with Gasteiger partial charge < -0.3 is 4.43 Å². The van der Waals surface area contributed by atoms with Gasteiger partial charge in [-0.25, -0.2) is 0 Å². The minimum Gasteiger partial charge on any atom is -0.410 e. The van der Waals surface area contributed by atoms with Crippen LogP contribution >= 0.6 is 0 Å². The predicted molar refractivity (Wildman–Crippen MR) is 70.6 cm³/mol. The Balaban J connectivity index is 4.74. The van der Waals surface area contributed by atoms with E-state index in [4.69, 9.17) is 4.43 Å². The lowest BCUT2D eigenvalue weighted by Crippen LogP contribution is -2.44. The summed E-state index contributed by atoms with van der Waals surface area (Å²) in [5, 5.41) is 0.259. The molecule has 0 fully saturated rings. The van der Waals surface area contributed by atoms with E-state index in [2.05, 4.69) is 60.0 Å². The van der Waals surface area contributed by atoms with Crippen molar-refractivity contribution in [1.29, 1.82) is 0 Å². The van der Waals surface area contributed by atoms with Crippen molar-refractivity contribution in [3.63, 3.8) is 0 Å². The summed E-state index contributed by atoms with van der Waals surface area (Å²) in [6.45, 7) is 19.3. The van der Waals surface area contributed by atoms with E-state index < -0.39 is 8.32 Å². The van der Waals surface area contributed by atoms with Gasteiger partial charge in [0, 0.05) is 0 Å². The van der Waals surface area contributed by atoms with E-state index >= 15 is 0 Å². The van der Waals surface area contributed by atoms with Crippen LogP contribution in [0.4, 0.5) is 0 Å². The summed E-state index contributed by atoms with van der Waals surface area (Å²) in [7, 11) is -1.67. The van der Waals surface area contributed by atoms with E-state index in [-0.39, 0.29) is 11.1 Å². The molecule has 0 aromatic rings. The summed E-state index contributed by atoms with van der Waals surface area (Å²) in [5.74, 6) is 0.480. The third-order valence-corrected chi connectivity index (χ3v) is 7.65. The molecule has 0 unspecified atom stereocenters. The highest BCUT2D eigenvalue weighted by Gasteiger charge is 2.39. The Morgan fingerprint density at radius 1 is 1.27 bits per heavy atom. The van der Waals surface area contributed by atoms with Gasteiger partial charge in [-0.2, -0.15) is 0 Å². The zero-order valence-corrected chi connectivity index (χ0v) is 12.3. The molecule has 0 bridgehead atoms. The van der Waals surface area contributed by atoms with Crippen LogP contribution in [0.15, 0.2) is 18.4 Å². The monoisotopic (exact) mass is 226 g/mol. The Hall–Kier alpha value is -0.303. The summed E-state index contributed by atoms with van der Waals surface area (Å²) in [4.78, 5) is 0. The van der Waals surface area contributed by atoms with Gasteiger partial charge in [-0.1, -0.05) is 41.2 Å². The van der Waals surface area contributed by atoms with Crippen molar-refractivity contribution < 1.29 is 4.43 Å². The first-order chi connectivity index (χ1) is 6.62. The molecule has 1 nitrogen and oxygen atoms in total. The molecule has 88 valence electrons. The van der Waals surface area contributed by atoms with E-state index in [1.807, 2.05) is 6.08 Å². The first kappa shape index (κ1) is 14.7. The Kier molecular flexibility index (Phi) is 5.05. The Morgan fingerprint density at radius 2 is 1.73 bits per heavy atom. The molecule has 0 aliphatic heterocycles. The molecule has 2 heteroatoms. The molecule has 0 spiro atoms. The second-order valence-electron chi connectivity index (χ2n) is 5.96. The lowest BCUT2D eigenvalue weighted by molar-refractivity contribution is 0.178. The van der Waals surface area contributed by atoms with Crippen LogP contribution in [0.25, 0.3) is 0 Å². The predicted octanol–water partition coefficient (Wildman–Crippen LogP) is 4.37. The molecule has 0 amide bonds. The normalized spacial score (nSPS) is 14.9. The minimum atomic E-state index is -1.67. The van der Waals surface area contributed by atoms with Crippen molar-refractivity contribution in [3.8, 4) is 0 Å². The lowest BCUT2D eigenvalue weighted by atomic mass is 10.1. The van der Waals surface area contributed by atoms with Crippen LogP contribution in [0.3, 0.4) is 0 Å². The van der Waals surface area contributed by atoms with E-state index in [1.165, 1.54) is 0 Å². The van der Waals surface area contributed by atoms with Crippen LogP contribution in [0.5, 0.6) is 0 Å². The Bertz CT molecular complexity index is 242. The van der Waals surface area contributed by atoms with Gasteiger partial charge in [0.25, 0.3) is 0 Å². The first-order valence-electron chi connectivity index (χ1n) is 5.65. The molecular weight excluding hydrogens is 200 g/mol. The van der Waals surface area contributed by atoms with Crippen LogP contribution in [-0.4, -0.2) is 14.4 Å². The fourth-order valence-electron chi connectivity index (χ4n) is 0.996. The van der Waals surface area contributed by atoms with Gasteiger partial charge in [0.15, 0.2) is 8.32 Å². The maximum Gasteiger partial charge on any atom is 0.192 e. The summed E-state index contributed by atoms with van der Waals surface area (Å²) in [6, 6.07) is 0. The van der Waals surface area contributed by atoms with Crippen LogP contribution in [0.1, 0.15) is 34.6 Å². The van der Waals surface area contributed by atoms with Gasteiger partial charge in [0.05, 0.1) is 6.10 Å². The van der Waals surface area contributed by atoms with E-state index in [0.29, 0.717) is 5.92 Å². The van der Waals surface area contributed by atoms with Gasteiger partial charge in [0.2, 0.25) is 0 Å². The number of rotatable bonds is 4. The number of hydrogen-bond acceptors (Lipinski definition) is 1. The molecule has 0 aromatic carbocycles. The highest BCUT2D eigenvalue weighted by atomic mass is 28.4. The van der Waals surface area contributed by atoms with Crippen molar-refractivity contribution in [2.24, 2.45) is 5.92 Å². The molecule has 0 saturated carbocycles. The molecule has 1 atom stereocenters. The summed E-state index contributed by atoms with van der Waals surface area (Å²) in [5.41, 5.74) is 2.85. The van der Waals surface area contributed by atoms with Crippen molar-refractivity contribution in [2.45, 2.75) is 58.9 Å². The highest BCUT2D eigenvalue weighted by Crippen LogP contribution is 2.38. The third kappa shape index (κ3) is 4.37. The van der Waals surface area contributed by atoms with Crippen molar-refractivity contribution in [1.82, 2.24) is 0 Å². The average Bonchev–Trinajstić information content (AvgIpc) is 2.00. The molecule has 0 saturated heterocycles. The first-order valence-corrected chi connectivity index (χ1v) is 8.56. The van der Waals surface area contributed by atoms with Gasteiger partial charge >= 0.3 is 0 Å². The fourth-order valence-corrected chi connectivity index (χ4v) is 2.37. The number of hydrogen-bond donors (Lipinski definition) is 0. The van der Waals surface area contributed by atoms with Crippen molar-refractivity contribution in [2.75, 3.05) is 0 Å². The minimum absolute atomic E-state index is 0.156. The molecule has 0 radical (unpaired) electrons. The smallest absolute Gasteiger partial charge is 0.192 e. The zero-order chi connectivity index (χ0) is 12.3. The van der Waals surface area contributed by atoms with Crippen LogP contribution in [0, 0.1) is 5.92 Å². The molecule has 0 aliphatic rings. The second-order valence-corrected chi connectivity index (χ2v) is 10.7. The van der Waals surface area contributed by atoms with Crippen LogP contribution in [0.2, 0.25) is 18.1 Å². The van der Waals surface area contributed by atoms with E-state index in [0.717, 1.165) is 0 Å². The third-order valence-electron chi connectivity index (χ3n) is 3.18. The Labute approximate surface area is 96.4 Å². The molecular formula is C13H26OSi. The largest absolute Gasteiger partial charge is 0.410 e.